The van der Waals surface area contributed by atoms with E-state index in [4.69, 9.17) is 0 Å². The van der Waals surface area contributed by atoms with Crippen molar-refractivity contribution in [3.63, 3.8) is 0 Å². The maximum atomic E-state index is 12.7. The molecule has 0 atom stereocenters. The van der Waals surface area contributed by atoms with Crippen LogP contribution in [0.25, 0.3) is 0 Å². The van der Waals surface area contributed by atoms with Gasteiger partial charge in [-0.15, -0.1) is 0 Å². The molecule has 1 heterocycles. The second kappa shape index (κ2) is 9.28. The van der Waals surface area contributed by atoms with E-state index in [2.05, 4.69) is 36.5 Å². The first kappa shape index (κ1) is 19.8. The van der Waals surface area contributed by atoms with Crippen LogP contribution in [0.1, 0.15) is 27.2 Å². The summed E-state index contributed by atoms with van der Waals surface area (Å²) in [7, 11) is 0. The second-order valence-electron chi connectivity index (χ2n) is 6.37. The van der Waals surface area contributed by atoms with Crippen LogP contribution in [0.3, 0.4) is 0 Å². The summed E-state index contributed by atoms with van der Waals surface area (Å²) >= 11 is 3.42. The Morgan fingerprint density at radius 1 is 1.04 bits per heavy atom. The molecule has 0 bridgehead atoms. The Hall–Kier alpha value is -2.99. The van der Waals surface area contributed by atoms with E-state index in [1.54, 1.807) is 6.20 Å². The number of rotatable bonds is 4. The van der Waals surface area contributed by atoms with Gasteiger partial charge in [-0.25, -0.2) is 4.99 Å². The van der Waals surface area contributed by atoms with Crippen molar-refractivity contribution < 1.29 is 4.79 Å². The third kappa shape index (κ3) is 5.50. The number of pyridine rings is 1. The number of guanidine groups is 1. The van der Waals surface area contributed by atoms with Gasteiger partial charge < -0.3 is 5.32 Å². The van der Waals surface area contributed by atoms with E-state index in [9.17, 15) is 4.79 Å². The molecule has 0 radical (unpaired) electrons. The zero-order chi connectivity index (χ0) is 19.9. The van der Waals surface area contributed by atoms with Crippen LogP contribution in [0, 0.1) is 13.8 Å². The van der Waals surface area contributed by atoms with Gasteiger partial charge in [-0.3, -0.25) is 15.1 Å². The van der Waals surface area contributed by atoms with Crippen molar-refractivity contribution in [3.8, 4) is 0 Å². The van der Waals surface area contributed by atoms with Crippen molar-refractivity contribution in [1.82, 2.24) is 10.3 Å². The maximum absolute atomic E-state index is 12.7. The lowest BCUT2D eigenvalue weighted by Crippen LogP contribution is -2.36. The highest BCUT2D eigenvalue weighted by Gasteiger charge is 2.10. The van der Waals surface area contributed by atoms with Gasteiger partial charge in [0.2, 0.25) is 5.96 Å². The van der Waals surface area contributed by atoms with Crippen LogP contribution in [0.2, 0.25) is 0 Å². The minimum atomic E-state index is -0.215. The van der Waals surface area contributed by atoms with Gasteiger partial charge >= 0.3 is 0 Å². The summed E-state index contributed by atoms with van der Waals surface area (Å²) in [5.74, 6) is 0.156. The third-order valence-corrected chi connectivity index (χ3v) is 4.76. The van der Waals surface area contributed by atoms with E-state index in [1.165, 1.54) is 0 Å². The molecule has 0 aliphatic carbocycles. The summed E-state index contributed by atoms with van der Waals surface area (Å²) in [6, 6.07) is 18.9. The average Bonchev–Trinajstić information content (AvgIpc) is 2.70. The summed E-state index contributed by atoms with van der Waals surface area (Å²) in [5.41, 5.74) is 4.45. The third-order valence-electron chi connectivity index (χ3n) is 4.23. The van der Waals surface area contributed by atoms with E-state index >= 15 is 0 Å². The fourth-order valence-electron chi connectivity index (χ4n) is 2.49. The number of hydrogen-bond donors (Lipinski definition) is 2. The summed E-state index contributed by atoms with van der Waals surface area (Å²) in [4.78, 5) is 21.5. The molecule has 1 amide bonds. The highest BCUT2D eigenvalue weighted by atomic mass is 79.9. The molecule has 2 N–H and O–H groups in total. The Balaban J connectivity index is 1.80. The number of carbonyl (C=O) groups excluding carboxylic acids is 1. The largest absolute Gasteiger partial charge is 0.326 e. The number of hydrogen-bond acceptors (Lipinski definition) is 3. The molecular weight excluding hydrogens is 416 g/mol. The molecule has 0 spiro atoms. The quantitative estimate of drug-likeness (QED) is 0.453. The van der Waals surface area contributed by atoms with Crippen LogP contribution in [-0.4, -0.2) is 16.9 Å². The molecule has 6 heteroatoms. The highest BCUT2D eigenvalue weighted by Crippen LogP contribution is 2.14. The predicted octanol–water partition coefficient (Wildman–Crippen LogP) is 4.86. The minimum absolute atomic E-state index is 0.215. The fraction of sp³-hybridized carbons (Fsp3) is 0.136. The molecule has 2 aromatic carbocycles. The van der Waals surface area contributed by atoms with Crippen LogP contribution in [-0.2, 0) is 6.54 Å². The van der Waals surface area contributed by atoms with E-state index in [-0.39, 0.29) is 5.91 Å². The smallest absolute Gasteiger partial charge is 0.257 e. The monoisotopic (exact) mass is 436 g/mol. The average molecular weight is 437 g/mol. The van der Waals surface area contributed by atoms with Crippen molar-refractivity contribution in [2.45, 2.75) is 20.4 Å². The van der Waals surface area contributed by atoms with Crippen LogP contribution < -0.4 is 10.6 Å². The lowest BCUT2D eigenvalue weighted by Gasteiger charge is -2.12. The number of aryl methyl sites for hydroxylation is 2. The highest BCUT2D eigenvalue weighted by molar-refractivity contribution is 9.10. The Bertz CT molecular complexity index is 985. The number of benzene rings is 2. The van der Waals surface area contributed by atoms with Crippen molar-refractivity contribution in [2.24, 2.45) is 4.99 Å². The van der Waals surface area contributed by atoms with E-state index < -0.39 is 0 Å². The number of carbonyl (C=O) groups is 1. The van der Waals surface area contributed by atoms with Gasteiger partial charge in [0.25, 0.3) is 5.91 Å². The van der Waals surface area contributed by atoms with E-state index in [1.807, 2.05) is 74.5 Å². The van der Waals surface area contributed by atoms with Gasteiger partial charge in [-0.05, 0) is 73.5 Å². The summed E-state index contributed by atoms with van der Waals surface area (Å²) in [5, 5.41) is 6.05. The van der Waals surface area contributed by atoms with Crippen LogP contribution >= 0.6 is 15.9 Å². The number of anilines is 1. The molecule has 0 aliphatic heterocycles. The zero-order valence-corrected chi connectivity index (χ0v) is 17.3. The molecule has 0 saturated carbocycles. The number of nitrogens with one attached hydrogen (secondary N) is 2. The number of aromatic nitrogens is 1. The van der Waals surface area contributed by atoms with E-state index in [0.29, 0.717) is 18.1 Å². The number of halogens is 1. The molecule has 3 rings (SSSR count). The Labute approximate surface area is 173 Å². The fourth-order valence-corrected chi connectivity index (χ4v) is 2.76. The van der Waals surface area contributed by atoms with Crippen LogP contribution in [0.15, 0.2) is 76.3 Å². The maximum Gasteiger partial charge on any atom is 0.257 e. The Kier molecular flexibility index (Phi) is 6.55. The SMILES string of the molecule is Cc1ccc(C(=O)NC(=NCc2ccccn2)Nc2ccc(Br)cc2)cc1C. The summed E-state index contributed by atoms with van der Waals surface area (Å²) < 4.78 is 0.976. The molecule has 0 aliphatic rings. The predicted molar refractivity (Wildman–Crippen MR) is 117 cm³/mol. The zero-order valence-electron chi connectivity index (χ0n) is 15.7. The van der Waals surface area contributed by atoms with Crippen molar-refractivity contribution in [2.75, 3.05) is 5.32 Å². The minimum Gasteiger partial charge on any atom is -0.326 e. The first-order chi connectivity index (χ1) is 13.5. The van der Waals surface area contributed by atoms with Gasteiger partial charge in [0.15, 0.2) is 0 Å². The molecule has 0 saturated heterocycles. The van der Waals surface area contributed by atoms with Gasteiger partial charge in [-0.1, -0.05) is 28.1 Å². The lowest BCUT2D eigenvalue weighted by molar-refractivity contribution is 0.0977. The van der Waals surface area contributed by atoms with Gasteiger partial charge in [0, 0.05) is 21.9 Å². The molecular formula is C22H21BrN4O. The van der Waals surface area contributed by atoms with Gasteiger partial charge in [0.1, 0.15) is 0 Å². The Morgan fingerprint density at radius 3 is 2.50 bits per heavy atom. The summed E-state index contributed by atoms with van der Waals surface area (Å²) in [6.45, 7) is 4.36. The lowest BCUT2D eigenvalue weighted by atomic mass is 10.1. The molecule has 28 heavy (non-hydrogen) atoms. The first-order valence-corrected chi connectivity index (χ1v) is 9.66. The van der Waals surface area contributed by atoms with Gasteiger partial charge in [-0.2, -0.15) is 0 Å². The summed E-state index contributed by atoms with van der Waals surface area (Å²) in [6.07, 6.45) is 1.72. The molecule has 3 aromatic rings. The molecule has 5 nitrogen and oxygen atoms in total. The van der Waals surface area contributed by atoms with Crippen molar-refractivity contribution in [3.05, 3.63) is 93.7 Å². The molecule has 0 unspecified atom stereocenters. The van der Waals surface area contributed by atoms with Gasteiger partial charge in [0.05, 0.1) is 12.2 Å². The molecule has 1 aromatic heterocycles. The van der Waals surface area contributed by atoms with E-state index in [0.717, 1.165) is 27.0 Å². The first-order valence-electron chi connectivity index (χ1n) is 8.87. The number of aliphatic imine (C=N–C) groups is 1. The van der Waals surface area contributed by atoms with Crippen molar-refractivity contribution >= 4 is 33.5 Å². The molecule has 0 fully saturated rings. The standard InChI is InChI=1S/C22H21BrN4O/c1-15-6-7-17(13-16(15)2)21(28)27-22(25-14-20-5-3-4-12-24-20)26-19-10-8-18(23)9-11-19/h3-13H,14H2,1-2H3,(H2,25,26,27,28). The van der Waals surface area contributed by atoms with Crippen molar-refractivity contribution in [1.29, 1.82) is 0 Å². The second-order valence-corrected chi connectivity index (χ2v) is 7.29. The normalized spacial score (nSPS) is 11.2. The number of amides is 1. The Morgan fingerprint density at radius 2 is 1.82 bits per heavy atom. The topological polar surface area (TPSA) is 66.4 Å². The van der Waals surface area contributed by atoms with Crippen LogP contribution in [0.5, 0.6) is 0 Å². The molecule has 142 valence electrons. The van der Waals surface area contributed by atoms with Crippen LogP contribution in [0.4, 0.5) is 5.69 Å². The number of nitrogens with zero attached hydrogens (tertiary/aromatic N) is 2.